The normalized spacial score (nSPS) is 10.9. The largest absolute Gasteiger partial charge is 0.358 e. The van der Waals surface area contributed by atoms with Gasteiger partial charge in [-0.05, 0) is 19.9 Å². The molecule has 0 unspecified atom stereocenters. The standard InChI is InChI=1S/C9H13N5S/c1-6(2)10-9-11-8(13-15-9)7-4-5-14(3)12-7/h4-6H,1-3H3,(H,10,11,13). The molecule has 0 fully saturated rings. The summed E-state index contributed by atoms with van der Waals surface area (Å²) in [7, 11) is 1.88. The van der Waals surface area contributed by atoms with Crippen LogP contribution in [-0.2, 0) is 7.05 Å². The number of nitrogens with one attached hydrogen (secondary N) is 1. The summed E-state index contributed by atoms with van der Waals surface area (Å²) in [6.45, 7) is 4.14. The third kappa shape index (κ3) is 2.33. The molecule has 0 aliphatic heterocycles. The van der Waals surface area contributed by atoms with Crippen LogP contribution in [0.2, 0.25) is 0 Å². The predicted molar refractivity (Wildman–Crippen MR) is 60.9 cm³/mol. The molecule has 0 atom stereocenters. The average Bonchev–Trinajstić information content (AvgIpc) is 2.72. The molecule has 2 aromatic rings. The molecule has 2 heterocycles. The predicted octanol–water partition coefficient (Wildman–Crippen LogP) is 1.76. The van der Waals surface area contributed by atoms with Crippen LogP contribution in [0.5, 0.6) is 0 Å². The van der Waals surface area contributed by atoms with E-state index < -0.39 is 0 Å². The second-order valence-corrected chi connectivity index (χ2v) is 4.35. The van der Waals surface area contributed by atoms with E-state index in [9.17, 15) is 0 Å². The summed E-state index contributed by atoms with van der Waals surface area (Å²) in [5.41, 5.74) is 0.811. The monoisotopic (exact) mass is 223 g/mol. The van der Waals surface area contributed by atoms with Crippen molar-refractivity contribution in [3.8, 4) is 11.5 Å². The van der Waals surface area contributed by atoms with Crippen molar-refractivity contribution < 1.29 is 0 Å². The third-order valence-corrected chi connectivity index (χ3v) is 2.43. The maximum atomic E-state index is 4.35. The highest BCUT2D eigenvalue weighted by atomic mass is 32.1. The third-order valence-electron chi connectivity index (χ3n) is 1.78. The number of hydrogen-bond acceptors (Lipinski definition) is 5. The number of hydrogen-bond donors (Lipinski definition) is 1. The van der Waals surface area contributed by atoms with E-state index in [-0.39, 0.29) is 0 Å². The molecule has 0 aromatic carbocycles. The van der Waals surface area contributed by atoms with Crippen LogP contribution in [0.25, 0.3) is 11.5 Å². The van der Waals surface area contributed by atoms with E-state index >= 15 is 0 Å². The SMILES string of the molecule is CC(C)Nc1nc(-c2ccn(C)n2)ns1. The van der Waals surface area contributed by atoms with Crippen LogP contribution in [0, 0.1) is 0 Å². The van der Waals surface area contributed by atoms with Gasteiger partial charge in [0.1, 0.15) is 5.69 Å². The molecule has 0 saturated carbocycles. The van der Waals surface area contributed by atoms with Crippen LogP contribution >= 0.6 is 11.5 Å². The number of aryl methyl sites for hydroxylation is 1. The summed E-state index contributed by atoms with van der Waals surface area (Å²) in [5.74, 6) is 0.684. The lowest BCUT2D eigenvalue weighted by atomic mass is 10.4. The Labute approximate surface area is 92.3 Å². The first-order valence-electron chi connectivity index (χ1n) is 4.75. The molecule has 0 spiro atoms. The quantitative estimate of drug-likeness (QED) is 0.861. The molecule has 0 saturated heterocycles. The lowest BCUT2D eigenvalue weighted by Gasteiger charge is -2.03. The minimum atomic E-state index is 0.370. The van der Waals surface area contributed by atoms with Crippen LogP contribution in [0.1, 0.15) is 13.8 Å². The minimum absolute atomic E-state index is 0.370. The second-order valence-electron chi connectivity index (χ2n) is 3.60. The molecule has 2 rings (SSSR count). The molecule has 15 heavy (non-hydrogen) atoms. The lowest BCUT2D eigenvalue weighted by Crippen LogP contribution is -2.08. The fourth-order valence-electron chi connectivity index (χ4n) is 1.17. The Morgan fingerprint density at radius 1 is 1.47 bits per heavy atom. The van der Waals surface area contributed by atoms with Gasteiger partial charge in [-0.3, -0.25) is 4.68 Å². The van der Waals surface area contributed by atoms with Gasteiger partial charge < -0.3 is 5.32 Å². The maximum Gasteiger partial charge on any atom is 0.203 e. The van der Waals surface area contributed by atoms with Crippen molar-refractivity contribution in [2.24, 2.45) is 7.05 Å². The van der Waals surface area contributed by atoms with Gasteiger partial charge in [-0.25, -0.2) is 0 Å². The second kappa shape index (κ2) is 3.98. The van der Waals surface area contributed by atoms with E-state index in [0.717, 1.165) is 10.8 Å². The number of rotatable bonds is 3. The van der Waals surface area contributed by atoms with Crippen LogP contribution in [0.3, 0.4) is 0 Å². The minimum Gasteiger partial charge on any atom is -0.358 e. The van der Waals surface area contributed by atoms with Gasteiger partial charge in [-0.15, -0.1) is 0 Å². The van der Waals surface area contributed by atoms with E-state index in [1.54, 1.807) is 4.68 Å². The Kier molecular flexibility index (Phi) is 2.68. The molecule has 5 nitrogen and oxygen atoms in total. The summed E-state index contributed by atoms with van der Waals surface area (Å²) in [5, 5.41) is 8.29. The summed E-state index contributed by atoms with van der Waals surface area (Å²) in [4.78, 5) is 4.35. The van der Waals surface area contributed by atoms with Crippen molar-refractivity contribution in [2.45, 2.75) is 19.9 Å². The zero-order valence-corrected chi connectivity index (χ0v) is 9.75. The van der Waals surface area contributed by atoms with Crippen molar-refractivity contribution in [1.82, 2.24) is 19.1 Å². The van der Waals surface area contributed by atoms with Crippen molar-refractivity contribution in [3.63, 3.8) is 0 Å². The van der Waals surface area contributed by atoms with Crippen LogP contribution < -0.4 is 5.32 Å². The molecule has 80 valence electrons. The lowest BCUT2D eigenvalue weighted by molar-refractivity contribution is 0.769. The first-order valence-corrected chi connectivity index (χ1v) is 5.53. The molecule has 0 bridgehead atoms. The van der Waals surface area contributed by atoms with E-state index in [2.05, 4.69) is 33.6 Å². The summed E-state index contributed by atoms with van der Waals surface area (Å²) < 4.78 is 5.99. The number of nitrogens with zero attached hydrogens (tertiary/aromatic N) is 4. The van der Waals surface area contributed by atoms with Gasteiger partial charge in [-0.1, -0.05) is 0 Å². The molecule has 2 aromatic heterocycles. The van der Waals surface area contributed by atoms with Gasteiger partial charge in [0.2, 0.25) is 5.13 Å². The van der Waals surface area contributed by atoms with Crippen LogP contribution in [-0.4, -0.2) is 25.2 Å². The maximum absolute atomic E-state index is 4.35. The van der Waals surface area contributed by atoms with Crippen LogP contribution in [0.4, 0.5) is 5.13 Å². The topological polar surface area (TPSA) is 55.6 Å². The van der Waals surface area contributed by atoms with Gasteiger partial charge >= 0.3 is 0 Å². The van der Waals surface area contributed by atoms with Crippen molar-refractivity contribution in [3.05, 3.63) is 12.3 Å². The molecule has 0 aliphatic carbocycles. The molecule has 6 heteroatoms. The first kappa shape index (κ1) is 10.1. The number of aromatic nitrogens is 4. The number of anilines is 1. The van der Waals surface area contributed by atoms with Gasteiger partial charge in [0.05, 0.1) is 0 Å². The first-order chi connectivity index (χ1) is 7.15. The molecular formula is C9H13N5S. The van der Waals surface area contributed by atoms with Gasteiger partial charge in [0.15, 0.2) is 5.82 Å². The Hall–Kier alpha value is -1.43. The van der Waals surface area contributed by atoms with Crippen molar-refractivity contribution in [1.29, 1.82) is 0 Å². The highest BCUT2D eigenvalue weighted by Gasteiger charge is 2.09. The fourth-order valence-corrected chi connectivity index (χ4v) is 1.89. The van der Waals surface area contributed by atoms with Crippen LogP contribution in [0.15, 0.2) is 12.3 Å². The Morgan fingerprint density at radius 3 is 2.87 bits per heavy atom. The summed E-state index contributed by atoms with van der Waals surface area (Å²) >= 11 is 1.36. The molecule has 0 radical (unpaired) electrons. The Balaban J connectivity index is 2.20. The Bertz CT molecular complexity index is 445. The highest BCUT2D eigenvalue weighted by Crippen LogP contribution is 2.19. The van der Waals surface area contributed by atoms with Crippen molar-refractivity contribution >= 4 is 16.7 Å². The van der Waals surface area contributed by atoms with E-state index in [0.29, 0.717) is 11.9 Å². The fraction of sp³-hybridized carbons (Fsp3) is 0.444. The van der Waals surface area contributed by atoms with Gasteiger partial charge in [-0.2, -0.15) is 14.5 Å². The van der Waals surface area contributed by atoms with Crippen molar-refractivity contribution in [2.75, 3.05) is 5.32 Å². The molecular weight excluding hydrogens is 210 g/mol. The zero-order chi connectivity index (χ0) is 10.8. The average molecular weight is 223 g/mol. The smallest absolute Gasteiger partial charge is 0.203 e. The van der Waals surface area contributed by atoms with E-state index in [1.165, 1.54) is 11.5 Å². The zero-order valence-electron chi connectivity index (χ0n) is 8.93. The summed E-state index contributed by atoms with van der Waals surface area (Å²) in [6, 6.07) is 2.27. The molecule has 0 aliphatic rings. The Morgan fingerprint density at radius 2 is 2.27 bits per heavy atom. The summed E-state index contributed by atoms with van der Waals surface area (Å²) in [6.07, 6.45) is 1.88. The van der Waals surface area contributed by atoms with E-state index in [1.807, 2.05) is 19.3 Å². The molecule has 1 N–H and O–H groups in total. The van der Waals surface area contributed by atoms with E-state index in [4.69, 9.17) is 0 Å². The highest BCUT2D eigenvalue weighted by molar-refractivity contribution is 7.09. The molecule has 0 amide bonds. The van der Waals surface area contributed by atoms with Gasteiger partial charge in [0.25, 0.3) is 0 Å². The van der Waals surface area contributed by atoms with Gasteiger partial charge in [0, 0.05) is 30.8 Å².